The smallest absolute Gasteiger partial charge is 0.151 e. The van der Waals surface area contributed by atoms with Crippen molar-refractivity contribution >= 4 is 9.84 Å². The molecule has 4 nitrogen and oxygen atoms in total. The van der Waals surface area contributed by atoms with E-state index in [4.69, 9.17) is 5.73 Å². The van der Waals surface area contributed by atoms with E-state index in [2.05, 4.69) is 18.7 Å². The SMILES string of the molecule is CCC(CC)(CN)CN(C)C1CCS(=O)(=O)C1. The highest BCUT2D eigenvalue weighted by Gasteiger charge is 2.34. The fraction of sp³-hybridized carbons (Fsp3) is 1.00. The van der Waals surface area contributed by atoms with E-state index in [1.54, 1.807) is 0 Å². The molecule has 0 aromatic rings. The van der Waals surface area contributed by atoms with Gasteiger partial charge in [-0.1, -0.05) is 13.8 Å². The molecule has 1 heterocycles. The predicted octanol–water partition coefficient (Wildman–Crippen LogP) is 0.870. The summed E-state index contributed by atoms with van der Waals surface area (Å²) < 4.78 is 22.9. The fourth-order valence-corrected chi connectivity index (χ4v) is 4.41. The van der Waals surface area contributed by atoms with Crippen LogP contribution >= 0.6 is 0 Å². The maximum atomic E-state index is 11.5. The number of hydrogen-bond acceptors (Lipinski definition) is 4. The molecule has 1 aliphatic heterocycles. The Morgan fingerprint density at radius 3 is 2.29 bits per heavy atom. The normalized spacial score (nSPS) is 24.4. The zero-order valence-corrected chi connectivity index (χ0v) is 12.1. The monoisotopic (exact) mass is 262 g/mol. The third-order valence-corrected chi connectivity index (χ3v) is 6.10. The number of sulfone groups is 1. The molecular formula is C12H26N2O2S. The molecule has 0 radical (unpaired) electrons. The van der Waals surface area contributed by atoms with Crippen LogP contribution in [0.2, 0.25) is 0 Å². The standard InChI is InChI=1S/C12H26N2O2S/c1-4-12(5-2,9-13)10-14(3)11-6-7-17(15,16)8-11/h11H,4-10,13H2,1-3H3. The van der Waals surface area contributed by atoms with Crippen LogP contribution in [0.5, 0.6) is 0 Å². The van der Waals surface area contributed by atoms with Crippen molar-refractivity contribution in [2.45, 2.75) is 39.2 Å². The predicted molar refractivity (Wildman–Crippen MR) is 71.8 cm³/mol. The molecule has 0 bridgehead atoms. The van der Waals surface area contributed by atoms with Gasteiger partial charge >= 0.3 is 0 Å². The Morgan fingerprint density at radius 1 is 1.35 bits per heavy atom. The van der Waals surface area contributed by atoms with Gasteiger partial charge in [0.2, 0.25) is 0 Å². The van der Waals surface area contributed by atoms with E-state index in [0.717, 1.165) is 25.8 Å². The van der Waals surface area contributed by atoms with Crippen molar-refractivity contribution in [2.24, 2.45) is 11.1 Å². The molecular weight excluding hydrogens is 236 g/mol. The molecule has 5 heteroatoms. The molecule has 17 heavy (non-hydrogen) atoms. The molecule has 1 saturated heterocycles. The Bertz CT molecular complexity index is 328. The van der Waals surface area contributed by atoms with Crippen LogP contribution in [0.15, 0.2) is 0 Å². The summed E-state index contributed by atoms with van der Waals surface area (Å²) in [4.78, 5) is 2.20. The first-order chi connectivity index (χ1) is 7.88. The highest BCUT2D eigenvalue weighted by molar-refractivity contribution is 7.91. The van der Waals surface area contributed by atoms with Gasteiger partial charge in [0.15, 0.2) is 9.84 Å². The molecule has 2 N–H and O–H groups in total. The molecule has 0 spiro atoms. The van der Waals surface area contributed by atoms with Crippen molar-refractivity contribution in [1.82, 2.24) is 4.90 Å². The summed E-state index contributed by atoms with van der Waals surface area (Å²) in [7, 11) is -0.760. The Morgan fingerprint density at radius 2 is 1.94 bits per heavy atom. The van der Waals surface area contributed by atoms with Crippen LogP contribution < -0.4 is 5.73 Å². The molecule has 0 aromatic heterocycles. The van der Waals surface area contributed by atoms with Gasteiger partial charge in [-0.05, 0) is 38.3 Å². The van der Waals surface area contributed by atoms with Crippen LogP contribution in [0.4, 0.5) is 0 Å². The van der Waals surface area contributed by atoms with Crippen molar-refractivity contribution in [3.05, 3.63) is 0 Å². The van der Waals surface area contributed by atoms with E-state index >= 15 is 0 Å². The Labute approximate surface area is 105 Å². The lowest BCUT2D eigenvalue weighted by Gasteiger charge is -2.36. The summed E-state index contributed by atoms with van der Waals surface area (Å²) in [6, 6.07) is 0.184. The van der Waals surface area contributed by atoms with Crippen LogP contribution in [0, 0.1) is 5.41 Å². The summed E-state index contributed by atoms with van der Waals surface area (Å²) >= 11 is 0. The van der Waals surface area contributed by atoms with Crippen molar-refractivity contribution < 1.29 is 8.42 Å². The van der Waals surface area contributed by atoms with Crippen molar-refractivity contribution in [2.75, 3.05) is 31.6 Å². The Balaban J connectivity index is 2.62. The van der Waals surface area contributed by atoms with Gasteiger partial charge in [0, 0.05) is 12.6 Å². The molecule has 1 rings (SSSR count). The molecule has 1 atom stereocenters. The van der Waals surface area contributed by atoms with Gasteiger partial charge in [-0.2, -0.15) is 0 Å². The summed E-state index contributed by atoms with van der Waals surface area (Å²) in [5, 5.41) is 0. The van der Waals surface area contributed by atoms with Crippen molar-refractivity contribution in [3.8, 4) is 0 Å². The maximum absolute atomic E-state index is 11.5. The molecule has 1 fully saturated rings. The number of rotatable bonds is 6. The molecule has 0 saturated carbocycles. The summed E-state index contributed by atoms with van der Waals surface area (Å²) in [5.74, 6) is 0.660. The van der Waals surface area contributed by atoms with Gasteiger partial charge in [-0.25, -0.2) is 8.42 Å². The van der Waals surface area contributed by atoms with E-state index in [9.17, 15) is 8.42 Å². The van der Waals surface area contributed by atoms with Crippen LogP contribution in [0.3, 0.4) is 0 Å². The topological polar surface area (TPSA) is 63.4 Å². The van der Waals surface area contributed by atoms with E-state index in [1.165, 1.54) is 0 Å². The first-order valence-corrected chi connectivity index (χ1v) is 8.31. The van der Waals surface area contributed by atoms with Gasteiger partial charge in [0.05, 0.1) is 11.5 Å². The van der Waals surface area contributed by atoms with Crippen LogP contribution in [0.25, 0.3) is 0 Å². The Kier molecular flexibility index (Phi) is 4.98. The van der Waals surface area contributed by atoms with Crippen molar-refractivity contribution in [1.29, 1.82) is 0 Å². The number of nitrogens with two attached hydrogens (primary N) is 1. The Hall–Kier alpha value is -0.130. The first kappa shape index (κ1) is 14.9. The molecule has 0 aliphatic carbocycles. The van der Waals surface area contributed by atoms with E-state index in [-0.39, 0.29) is 11.5 Å². The summed E-state index contributed by atoms with van der Waals surface area (Å²) in [5.41, 5.74) is 6.02. The third-order valence-electron chi connectivity index (χ3n) is 4.35. The van der Waals surface area contributed by atoms with E-state index < -0.39 is 9.84 Å². The largest absolute Gasteiger partial charge is 0.330 e. The second-order valence-electron chi connectivity index (χ2n) is 5.38. The van der Waals surface area contributed by atoms with Gasteiger partial charge in [0.1, 0.15) is 0 Å². The molecule has 1 aliphatic rings. The number of nitrogens with zero attached hydrogens (tertiary/aromatic N) is 1. The highest BCUT2D eigenvalue weighted by atomic mass is 32.2. The average molecular weight is 262 g/mol. The van der Waals surface area contributed by atoms with Crippen molar-refractivity contribution in [3.63, 3.8) is 0 Å². The molecule has 102 valence electrons. The zero-order chi connectivity index (χ0) is 13.1. The second-order valence-corrected chi connectivity index (χ2v) is 7.61. The van der Waals surface area contributed by atoms with Crippen LogP contribution in [-0.4, -0.2) is 51.0 Å². The number of hydrogen-bond donors (Lipinski definition) is 1. The van der Waals surface area contributed by atoms with Gasteiger partial charge in [-0.15, -0.1) is 0 Å². The molecule has 0 amide bonds. The molecule has 0 aromatic carbocycles. The van der Waals surface area contributed by atoms with Gasteiger partial charge < -0.3 is 10.6 Å². The minimum Gasteiger partial charge on any atom is -0.330 e. The third kappa shape index (κ3) is 3.66. The highest BCUT2D eigenvalue weighted by Crippen LogP contribution is 2.28. The lowest BCUT2D eigenvalue weighted by Crippen LogP contribution is -2.44. The quantitative estimate of drug-likeness (QED) is 0.771. The van der Waals surface area contributed by atoms with Crippen LogP contribution in [0.1, 0.15) is 33.1 Å². The maximum Gasteiger partial charge on any atom is 0.151 e. The molecule has 1 unspecified atom stereocenters. The fourth-order valence-electron chi connectivity index (χ4n) is 2.61. The van der Waals surface area contributed by atoms with Gasteiger partial charge in [-0.3, -0.25) is 0 Å². The minimum atomic E-state index is -2.79. The lowest BCUT2D eigenvalue weighted by atomic mass is 9.81. The minimum absolute atomic E-state index is 0.140. The first-order valence-electron chi connectivity index (χ1n) is 6.49. The average Bonchev–Trinajstić information content (AvgIpc) is 2.67. The van der Waals surface area contributed by atoms with E-state index in [0.29, 0.717) is 18.1 Å². The van der Waals surface area contributed by atoms with Gasteiger partial charge in [0.25, 0.3) is 0 Å². The second kappa shape index (κ2) is 5.67. The summed E-state index contributed by atoms with van der Waals surface area (Å²) in [6.45, 7) is 5.89. The van der Waals surface area contributed by atoms with E-state index in [1.807, 2.05) is 7.05 Å². The van der Waals surface area contributed by atoms with Crippen LogP contribution in [-0.2, 0) is 9.84 Å². The summed E-state index contributed by atoms with van der Waals surface area (Å²) in [6.07, 6.45) is 2.86. The lowest BCUT2D eigenvalue weighted by molar-refractivity contribution is 0.138. The zero-order valence-electron chi connectivity index (χ0n) is 11.3.